The van der Waals surface area contributed by atoms with Crippen LogP contribution in [0.25, 0.3) is 17.2 Å². The third-order valence-electron chi connectivity index (χ3n) is 6.07. The molecule has 1 heterocycles. The predicted molar refractivity (Wildman–Crippen MR) is 120 cm³/mol. The van der Waals surface area contributed by atoms with Crippen LogP contribution in [0, 0.1) is 29.1 Å². The highest BCUT2D eigenvalue weighted by atomic mass is 19.2. The molecule has 0 spiro atoms. The van der Waals surface area contributed by atoms with E-state index in [9.17, 15) is 22.0 Å². The highest BCUT2D eigenvalue weighted by Crippen LogP contribution is 2.40. The highest BCUT2D eigenvalue weighted by Gasteiger charge is 2.30. The quantitative estimate of drug-likeness (QED) is 0.341. The van der Waals surface area contributed by atoms with Gasteiger partial charge in [0.05, 0.1) is 19.3 Å². The third kappa shape index (κ3) is 4.44. The van der Waals surface area contributed by atoms with Crippen molar-refractivity contribution in [2.24, 2.45) is 0 Å². The van der Waals surface area contributed by atoms with E-state index in [0.29, 0.717) is 24.0 Å². The van der Waals surface area contributed by atoms with Crippen molar-refractivity contribution in [3.05, 3.63) is 94.8 Å². The first kappa shape index (κ1) is 24.0. The molecule has 3 aromatic carbocycles. The Morgan fingerprint density at radius 2 is 1.56 bits per heavy atom. The lowest BCUT2D eigenvalue weighted by molar-refractivity contribution is -0.000531. The molecule has 2 nitrogen and oxygen atoms in total. The Balaban J connectivity index is 1.55. The maximum Gasteiger partial charge on any atom is 0.201 e. The molecule has 2 atom stereocenters. The Morgan fingerprint density at radius 1 is 0.882 bits per heavy atom. The normalized spacial score (nSPS) is 18.1. The van der Waals surface area contributed by atoms with Gasteiger partial charge in [0.2, 0.25) is 5.82 Å². The zero-order valence-electron chi connectivity index (χ0n) is 18.5. The summed E-state index contributed by atoms with van der Waals surface area (Å²) in [4.78, 5) is 0. The van der Waals surface area contributed by atoms with Gasteiger partial charge >= 0.3 is 0 Å². The molecule has 0 N–H and O–H groups in total. The zero-order chi connectivity index (χ0) is 24.4. The van der Waals surface area contributed by atoms with Gasteiger partial charge in [-0.25, -0.2) is 17.6 Å². The molecule has 0 bridgehead atoms. The van der Waals surface area contributed by atoms with Crippen LogP contribution in [-0.2, 0) is 4.74 Å². The Kier molecular flexibility index (Phi) is 7.03. The van der Waals surface area contributed by atoms with Gasteiger partial charge in [-0.15, -0.1) is 0 Å². The van der Waals surface area contributed by atoms with Crippen molar-refractivity contribution in [2.75, 3.05) is 13.2 Å². The van der Waals surface area contributed by atoms with E-state index in [4.69, 9.17) is 9.47 Å². The monoisotopic (exact) mass is 474 g/mol. The Hall–Kier alpha value is -3.19. The van der Waals surface area contributed by atoms with Crippen LogP contribution in [0.15, 0.2) is 49.0 Å². The maximum atomic E-state index is 15.0. The molecule has 1 saturated heterocycles. The first-order valence-corrected chi connectivity index (χ1v) is 11.0. The molecule has 0 saturated carbocycles. The molecular weight excluding hydrogens is 451 g/mol. The lowest BCUT2D eigenvalue weighted by Crippen LogP contribution is -2.21. The number of halogens is 5. The van der Waals surface area contributed by atoms with E-state index in [1.165, 1.54) is 24.3 Å². The van der Waals surface area contributed by atoms with E-state index < -0.39 is 40.5 Å². The van der Waals surface area contributed by atoms with Gasteiger partial charge in [-0.3, -0.25) is 0 Å². The molecule has 178 valence electrons. The first-order chi connectivity index (χ1) is 16.3. The fourth-order valence-electron chi connectivity index (χ4n) is 4.27. The maximum absolute atomic E-state index is 15.0. The van der Waals surface area contributed by atoms with Crippen LogP contribution in [-0.4, -0.2) is 13.2 Å². The summed E-state index contributed by atoms with van der Waals surface area (Å²) >= 11 is 0. The number of ether oxygens (including phenoxy) is 2. The minimum atomic E-state index is -1.32. The second kappa shape index (κ2) is 9.97. The molecular formula is C27H23F5O2. The van der Waals surface area contributed by atoms with Crippen molar-refractivity contribution in [1.29, 1.82) is 0 Å². The summed E-state index contributed by atoms with van der Waals surface area (Å²) in [5.41, 5.74) is 0.330. The average Bonchev–Trinajstić information content (AvgIpc) is 2.84. The Bertz CT molecular complexity index is 1220. The van der Waals surface area contributed by atoms with Crippen molar-refractivity contribution in [2.45, 2.75) is 31.8 Å². The molecule has 0 aliphatic carbocycles. The zero-order valence-corrected chi connectivity index (χ0v) is 18.5. The Labute approximate surface area is 194 Å². The summed E-state index contributed by atoms with van der Waals surface area (Å²) in [6.45, 7) is 5.49. The molecule has 2 unspecified atom stereocenters. The van der Waals surface area contributed by atoms with Gasteiger partial charge in [-0.1, -0.05) is 36.9 Å². The van der Waals surface area contributed by atoms with E-state index >= 15 is 0 Å². The van der Waals surface area contributed by atoms with Gasteiger partial charge in [0.25, 0.3) is 0 Å². The molecule has 3 aromatic rings. The van der Waals surface area contributed by atoms with Crippen molar-refractivity contribution in [1.82, 2.24) is 0 Å². The van der Waals surface area contributed by atoms with Crippen LogP contribution in [0.1, 0.15) is 48.5 Å². The summed E-state index contributed by atoms with van der Waals surface area (Å²) < 4.78 is 83.8. The van der Waals surface area contributed by atoms with Crippen molar-refractivity contribution < 1.29 is 31.4 Å². The number of hydrogen-bond acceptors (Lipinski definition) is 2. The molecule has 34 heavy (non-hydrogen) atoms. The van der Waals surface area contributed by atoms with E-state index in [1.807, 2.05) is 0 Å². The number of hydrogen-bond donors (Lipinski definition) is 0. The minimum Gasteiger partial charge on any atom is -0.491 e. The molecule has 7 heteroatoms. The summed E-state index contributed by atoms with van der Waals surface area (Å²) in [6.07, 6.45) is 1.66. The van der Waals surface area contributed by atoms with Crippen LogP contribution < -0.4 is 4.74 Å². The lowest BCUT2D eigenvalue weighted by Gasteiger charge is -2.30. The van der Waals surface area contributed by atoms with Crippen molar-refractivity contribution in [3.8, 4) is 16.9 Å². The summed E-state index contributed by atoms with van der Waals surface area (Å²) in [5.74, 6) is -5.95. The number of rotatable bonds is 6. The standard InChI is InChI=1S/C27H23F5O2/c1-3-15-5-7-17(21(28)13-15)16-6-11-22(34-14-16)20-9-8-18(24(29)26(20)31)19-10-12-23(33-4-2)27(32)25(19)30/h3,5,7-10,12-13,16,22H,1,4,6,11,14H2,2H3. The SMILES string of the molecule is C=Cc1ccc(C2CCC(c3ccc(-c4ccc(OCC)c(F)c4F)c(F)c3F)OC2)c(F)c1. The summed E-state index contributed by atoms with van der Waals surface area (Å²) in [6, 6.07) is 9.67. The molecule has 0 amide bonds. The van der Waals surface area contributed by atoms with Gasteiger partial charge in [0, 0.05) is 22.6 Å². The van der Waals surface area contributed by atoms with E-state index in [-0.39, 0.29) is 36.3 Å². The predicted octanol–water partition coefficient (Wildman–Crippen LogP) is 7.73. The van der Waals surface area contributed by atoms with E-state index in [1.54, 1.807) is 25.1 Å². The highest BCUT2D eigenvalue weighted by molar-refractivity contribution is 5.66. The van der Waals surface area contributed by atoms with Crippen LogP contribution in [0.5, 0.6) is 5.75 Å². The third-order valence-corrected chi connectivity index (χ3v) is 6.07. The molecule has 0 radical (unpaired) electrons. The average molecular weight is 474 g/mol. The summed E-state index contributed by atoms with van der Waals surface area (Å²) in [5, 5.41) is 0. The second-order valence-electron chi connectivity index (χ2n) is 8.08. The van der Waals surface area contributed by atoms with Crippen LogP contribution in [0.3, 0.4) is 0 Å². The van der Waals surface area contributed by atoms with Crippen LogP contribution >= 0.6 is 0 Å². The van der Waals surface area contributed by atoms with Gasteiger partial charge in [-0.2, -0.15) is 4.39 Å². The van der Waals surface area contributed by atoms with Gasteiger partial charge in [0.1, 0.15) is 5.82 Å². The Morgan fingerprint density at radius 3 is 2.18 bits per heavy atom. The second-order valence-corrected chi connectivity index (χ2v) is 8.08. The minimum absolute atomic E-state index is 0.0195. The fraction of sp³-hybridized carbons (Fsp3) is 0.259. The molecule has 4 rings (SSSR count). The van der Waals surface area contributed by atoms with Gasteiger partial charge in [0.15, 0.2) is 23.2 Å². The van der Waals surface area contributed by atoms with Crippen molar-refractivity contribution in [3.63, 3.8) is 0 Å². The summed E-state index contributed by atoms with van der Waals surface area (Å²) in [7, 11) is 0. The smallest absolute Gasteiger partial charge is 0.201 e. The first-order valence-electron chi connectivity index (χ1n) is 11.0. The number of benzene rings is 3. The fourth-order valence-corrected chi connectivity index (χ4v) is 4.27. The molecule has 1 aliphatic heterocycles. The molecule has 1 fully saturated rings. The van der Waals surface area contributed by atoms with Crippen molar-refractivity contribution >= 4 is 6.08 Å². The largest absolute Gasteiger partial charge is 0.491 e. The topological polar surface area (TPSA) is 18.5 Å². The van der Waals surface area contributed by atoms with Crippen LogP contribution in [0.2, 0.25) is 0 Å². The lowest BCUT2D eigenvalue weighted by atomic mass is 9.88. The van der Waals surface area contributed by atoms with Gasteiger partial charge in [-0.05, 0) is 49.1 Å². The van der Waals surface area contributed by atoms with E-state index in [2.05, 4.69) is 6.58 Å². The molecule has 1 aliphatic rings. The molecule has 0 aromatic heterocycles. The van der Waals surface area contributed by atoms with Gasteiger partial charge < -0.3 is 9.47 Å². The van der Waals surface area contributed by atoms with E-state index in [0.717, 1.165) is 6.07 Å². The van der Waals surface area contributed by atoms with Crippen LogP contribution in [0.4, 0.5) is 22.0 Å².